The molecule has 1 amide bonds. The molecule has 6 nitrogen and oxygen atoms in total. The summed E-state index contributed by atoms with van der Waals surface area (Å²) in [5.41, 5.74) is 0.698. The average Bonchev–Trinajstić information content (AvgIpc) is 3.35. The van der Waals surface area contributed by atoms with Crippen LogP contribution >= 0.6 is 0 Å². The van der Waals surface area contributed by atoms with Crippen molar-refractivity contribution >= 4 is 18.6 Å². The first-order valence-corrected chi connectivity index (χ1v) is 17.5. The highest BCUT2D eigenvalue weighted by atomic mass is 16.4. The summed E-state index contributed by atoms with van der Waals surface area (Å²) in [5, 5.41) is 24.1. The van der Waals surface area contributed by atoms with Crippen LogP contribution in [0.5, 0.6) is 0 Å². The SMILES string of the molecule is C=N[C@@]12[C@H]3CC[C@@H]4[C@@]5(C)CC[C@H](O)C(C)(C)[C@@H]5CC[C@@]4(C)[C@]3(C)CC[C@@]1(C(=O)NCc1ccccc1C(=O)O)CC[C@H]2C(=C)C. The minimum Gasteiger partial charge on any atom is -0.478 e. The maximum Gasteiger partial charge on any atom is 0.336 e. The van der Waals surface area contributed by atoms with E-state index in [1.807, 2.05) is 6.07 Å². The molecule has 5 aliphatic carbocycles. The lowest BCUT2D eigenvalue weighted by Gasteiger charge is -2.74. The third-order valence-corrected chi connectivity index (χ3v) is 15.6. The summed E-state index contributed by atoms with van der Waals surface area (Å²) in [6, 6.07) is 6.92. The standard InChI is InChI=1S/C39H56N2O4/c1-24(2)27-15-20-38(33(45)41-23-25-11-9-10-12-26(25)32(43)44)22-21-37(7)30(39(27,38)40-8)14-13-29-35(5)18-17-31(42)34(3,4)28(35)16-19-36(29,37)6/h9-12,27-31,42H,1,8,13-23H2,2-7H3,(H,41,45)(H,43,44)/t27-,28-,29+,30-,31-,35-,36+,37+,38+,39-/m0/s1. The summed E-state index contributed by atoms with van der Waals surface area (Å²) >= 11 is 0. The fourth-order valence-electron chi connectivity index (χ4n) is 13.2. The number of fused-ring (bicyclic) bond motifs is 7. The second-order valence-corrected chi connectivity index (χ2v) is 17.1. The average molecular weight is 617 g/mol. The molecule has 0 heterocycles. The van der Waals surface area contributed by atoms with Crippen LogP contribution in [0.25, 0.3) is 0 Å². The number of carbonyl (C=O) groups is 2. The predicted molar refractivity (Wildman–Crippen MR) is 179 cm³/mol. The number of nitrogens with zero attached hydrogens (tertiary/aromatic N) is 1. The van der Waals surface area contributed by atoms with E-state index < -0.39 is 16.9 Å². The van der Waals surface area contributed by atoms with Gasteiger partial charge in [-0.3, -0.25) is 9.79 Å². The monoisotopic (exact) mass is 616 g/mol. The van der Waals surface area contributed by atoms with Gasteiger partial charge in [-0.05, 0) is 129 Å². The van der Waals surface area contributed by atoms with Gasteiger partial charge in [0.25, 0.3) is 0 Å². The Labute approximate surface area is 270 Å². The Morgan fingerprint density at radius 3 is 2.22 bits per heavy atom. The maximum atomic E-state index is 14.7. The number of rotatable bonds is 6. The molecule has 5 fully saturated rings. The van der Waals surface area contributed by atoms with Crippen LogP contribution < -0.4 is 5.32 Å². The highest BCUT2D eigenvalue weighted by molar-refractivity contribution is 5.90. The largest absolute Gasteiger partial charge is 0.478 e. The molecule has 45 heavy (non-hydrogen) atoms. The van der Waals surface area contributed by atoms with Crippen molar-refractivity contribution in [1.82, 2.24) is 5.32 Å². The van der Waals surface area contributed by atoms with Crippen LogP contribution in [0.2, 0.25) is 0 Å². The fraction of sp³-hybridized carbons (Fsp3) is 0.718. The lowest BCUT2D eigenvalue weighted by Crippen LogP contribution is -2.72. The lowest BCUT2D eigenvalue weighted by atomic mass is 9.31. The van der Waals surface area contributed by atoms with Crippen molar-refractivity contribution in [2.45, 2.75) is 124 Å². The van der Waals surface area contributed by atoms with Gasteiger partial charge in [0.05, 0.1) is 22.6 Å². The van der Waals surface area contributed by atoms with E-state index in [0.29, 0.717) is 17.4 Å². The maximum absolute atomic E-state index is 14.7. The van der Waals surface area contributed by atoms with Gasteiger partial charge in [-0.1, -0.05) is 65.0 Å². The number of aliphatic hydroxyl groups is 1. The molecule has 6 rings (SSSR count). The molecule has 6 heteroatoms. The molecule has 246 valence electrons. The molecular weight excluding hydrogens is 560 g/mol. The Hall–Kier alpha value is -2.47. The number of aliphatic hydroxyl groups excluding tert-OH is 1. The Morgan fingerprint density at radius 2 is 1.56 bits per heavy atom. The van der Waals surface area contributed by atoms with E-state index in [0.717, 1.165) is 69.8 Å². The molecule has 0 aliphatic heterocycles. The molecule has 0 spiro atoms. The van der Waals surface area contributed by atoms with Gasteiger partial charge in [0.15, 0.2) is 0 Å². The molecule has 10 atom stereocenters. The van der Waals surface area contributed by atoms with Crippen molar-refractivity contribution in [3.05, 3.63) is 47.5 Å². The highest BCUT2D eigenvalue weighted by Gasteiger charge is 2.77. The Bertz CT molecular complexity index is 1420. The summed E-state index contributed by atoms with van der Waals surface area (Å²) in [6.45, 7) is 23.3. The summed E-state index contributed by atoms with van der Waals surface area (Å²) in [7, 11) is 0. The van der Waals surface area contributed by atoms with Crippen LogP contribution in [0.15, 0.2) is 41.4 Å². The zero-order valence-corrected chi connectivity index (χ0v) is 28.5. The van der Waals surface area contributed by atoms with E-state index in [4.69, 9.17) is 4.99 Å². The van der Waals surface area contributed by atoms with Gasteiger partial charge in [0, 0.05) is 12.5 Å². The van der Waals surface area contributed by atoms with E-state index in [-0.39, 0.29) is 57.6 Å². The van der Waals surface area contributed by atoms with Crippen LogP contribution in [0.1, 0.15) is 122 Å². The number of hydrogen-bond acceptors (Lipinski definition) is 4. The van der Waals surface area contributed by atoms with E-state index >= 15 is 0 Å². The highest BCUT2D eigenvalue weighted by Crippen LogP contribution is 2.79. The van der Waals surface area contributed by atoms with Crippen LogP contribution in [0.4, 0.5) is 0 Å². The van der Waals surface area contributed by atoms with Crippen LogP contribution in [-0.4, -0.2) is 40.4 Å². The van der Waals surface area contributed by atoms with Crippen molar-refractivity contribution in [1.29, 1.82) is 0 Å². The van der Waals surface area contributed by atoms with Crippen molar-refractivity contribution < 1.29 is 19.8 Å². The zero-order chi connectivity index (χ0) is 32.8. The number of carbonyl (C=O) groups excluding carboxylic acids is 1. The van der Waals surface area contributed by atoms with E-state index in [1.54, 1.807) is 18.2 Å². The summed E-state index contributed by atoms with van der Waals surface area (Å²) in [4.78, 5) is 31.7. The number of hydrogen-bond donors (Lipinski definition) is 3. The third-order valence-electron chi connectivity index (χ3n) is 15.6. The van der Waals surface area contributed by atoms with Crippen molar-refractivity contribution in [3.8, 4) is 0 Å². The molecule has 3 N–H and O–H groups in total. The third kappa shape index (κ3) is 4.05. The molecule has 0 bridgehead atoms. The molecule has 5 saturated carbocycles. The first-order valence-electron chi connectivity index (χ1n) is 17.5. The summed E-state index contributed by atoms with van der Waals surface area (Å²) in [6.07, 6.45) is 9.43. The fourth-order valence-corrected chi connectivity index (χ4v) is 13.2. The van der Waals surface area contributed by atoms with Crippen molar-refractivity contribution in [2.24, 2.45) is 55.7 Å². The van der Waals surface area contributed by atoms with Gasteiger partial charge in [0.2, 0.25) is 5.91 Å². The smallest absolute Gasteiger partial charge is 0.336 e. The van der Waals surface area contributed by atoms with Gasteiger partial charge in [-0.15, -0.1) is 0 Å². The molecule has 0 radical (unpaired) electrons. The number of nitrogens with one attached hydrogen (secondary N) is 1. The van der Waals surface area contributed by atoms with Gasteiger partial charge in [-0.2, -0.15) is 0 Å². The molecule has 1 aromatic rings. The second kappa shape index (κ2) is 10.5. The van der Waals surface area contributed by atoms with Crippen LogP contribution in [0, 0.1) is 50.7 Å². The molecule has 1 aromatic carbocycles. The number of benzene rings is 1. The molecule has 0 unspecified atom stereocenters. The minimum absolute atomic E-state index is 0.00754. The lowest BCUT2D eigenvalue weighted by molar-refractivity contribution is -0.249. The van der Waals surface area contributed by atoms with E-state index in [1.165, 1.54) is 0 Å². The van der Waals surface area contributed by atoms with Gasteiger partial charge >= 0.3 is 5.97 Å². The van der Waals surface area contributed by atoms with E-state index in [9.17, 15) is 19.8 Å². The van der Waals surface area contributed by atoms with Crippen molar-refractivity contribution in [3.63, 3.8) is 0 Å². The van der Waals surface area contributed by atoms with Crippen LogP contribution in [-0.2, 0) is 11.3 Å². The summed E-state index contributed by atoms with van der Waals surface area (Å²) < 4.78 is 0. The Morgan fingerprint density at radius 1 is 0.889 bits per heavy atom. The first-order chi connectivity index (χ1) is 21.1. The topological polar surface area (TPSA) is 99.0 Å². The minimum atomic E-state index is -0.985. The molecule has 5 aliphatic rings. The zero-order valence-electron chi connectivity index (χ0n) is 28.5. The predicted octanol–water partition coefficient (Wildman–Crippen LogP) is 7.84. The molecular formula is C39H56N2O4. The second-order valence-electron chi connectivity index (χ2n) is 17.1. The van der Waals surface area contributed by atoms with Gasteiger partial charge < -0.3 is 15.5 Å². The number of aliphatic imine (C=N–C) groups is 1. The van der Waals surface area contributed by atoms with Crippen molar-refractivity contribution in [2.75, 3.05) is 0 Å². The normalized spacial score (nSPS) is 44.8. The number of aromatic carboxylic acids is 1. The van der Waals surface area contributed by atoms with Gasteiger partial charge in [0.1, 0.15) is 0 Å². The Kier molecular flexibility index (Phi) is 7.59. The van der Waals surface area contributed by atoms with Gasteiger partial charge in [-0.25, -0.2) is 4.79 Å². The quantitative estimate of drug-likeness (QED) is 0.224. The first kappa shape index (κ1) is 32.5. The van der Waals surface area contributed by atoms with Crippen LogP contribution in [0.3, 0.4) is 0 Å². The number of amides is 1. The number of carboxylic acid groups (broad SMARTS) is 1. The number of carboxylic acids is 1. The summed E-state index contributed by atoms with van der Waals surface area (Å²) in [5.74, 6) is 0.328. The van der Waals surface area contributed by atoms with E-state index in [2.05, 4.69) is 60.2 Å². The molecule has 0 saturated heterocycles. The Balaban J connectivity index is 1.39. The molecule has 0 aromatic heterocycles.